The maximum absolute atomic E-state index is 5.67. The van der Waals surface area contributed by atoms with Crippen molar-refractivity contribution in [2.24, 2.45) is 5.73 Å². The van der Waals surface area contributed by atoms with E-state index in [1.807, 2.05) is 6.92 Å². The van der Waals surface area contributed by atoms with Crippen molar-refractivity contribution in [3.63, 3.8) is 0 Å². The van der Waals surface area contributed by atoms with Gasteiger partial charge in [-0.3, -0.25) is 0 Å². The Balaban J connectivity index is 2.14. The summed E-state index contributed by atoms with van der Waals surface area (Å²) in [6.45, 7) is 4.79. The normalized spacial score (nSPS) is 22.7. The lowest BCUT2D eigenvalue weighted by atomic mass is 10.2. The molecule has 0 spiro atoms. The molecule has 1 unspecified atom stereocenters. The lowest BCUT2D eigenvalue weighted by Gasteiger charge is -2.34. The average Bonchev–Trinajstić information content (AvgIpc) is 2.65. The molecule has 1 aliphatic heterocycles. The maximum atomic E-state index is 5.67. The van der Waals surface area contributed by atoms with Crippen molar-refractivity contribution in [3.8, 4) is 0 Å². The molecule has 0 bridgehead atoms. The van der Waals surface area contributed by atoms with Crippen molar-refractivity contribution in [1.29, 1.82) is 0 Å². The number of nitrogens with zero attached hydrogens (tertiary/aromatic N) is 3. The highest BCUT2D eigenvalue weighted by molar-refractivity contribution is 7.09. The molecular formula is C8H14N4OS. The first-order chi connectivity index (χ1) is 6.81. The molecule has 1 saturated heterocycles. The fourth-order valence-corrected chi connectivity index (χ4v) is 2.28. The van der Waals surface area contributed by atoms with E-state index in [1.54, 1.807) is 0 Å². The Hall–Kier alpha value is -0.720. The van der Waals surface area contributed by atoms with Crippen LogP contribution in [-0.4, -0.2) is 41.7 Å². The average molecular weight is 214 g/mol. The second-order valence-corrected chi connectivity index (χ2v) is 4.01. The molecule has 5 nitrogen and oxygen atoms in total. The van der Waals surface area contributed by atoms with Crippen molar-refractivity contribution >= 4 is 16.7 Å². The van der Waals surface area contributed by atoms with Crippen molar-refractivity contribution in [1.82, 2.24) is 9.36 Å². The summed E-state index contributed by atoms with van der Waals surface area (Å²) in [5, 5.41) is 0.959. The molecule has 1 aromatic rings. The number of hydrogen-bond donors (Lipinski definition) is 1. The van der Waals surface area contributed by atoms with Gasteiger partial charge in [-0.25, -0.2) is 4.98 Å². The lowest BCUT2D eigenvalue weighted by molar-refractivity contribution is 0.0962. The summed E-state index contributed by atoms with van der Waals surface area (Å²) in [6.07, 6.45) is 0. The molecule has 1 atom stereocenters. The van der Waals surface area contributed by atoms with Crippen molar-refractivity contribution in [2.45, 2.75) is 13.0 Å². The van der Waals surface area contributed by atoms with E-state index in [9.17, 15) is 0 Å². The summed E-state index contributed by atoms with van der Waals surface area (Å²) >= 11 is 1.43. The van der Waals surface area contributed by atoms with Crippen molar-refractivity contribution in [3.05, 3.63) is 5.82 Å². The van der Waals surface area contributed by atoms with Crippen LogP contribution in [0.15, 0.2) is 0 Å². The smallest absolute Gasteiger partial charge is 0.205 e. The topological polar surface area (TPSA) is 64.3 Å². The monoisotopic (exact) mass is 214 g/mol. The third-order valence-electron chi connectivity index (χ3n) is 2.26. The SMILES string of the molecule is Cc1nsc(N2CCOCC2CN)n1. The van der Waals surface area contributed by atoms with Gasteiger partial charge in [0.05, 0.1) is 19.3 Å². The number of hydrogen-bond acceptors (Lipinski definition) is 6. The van der Waals surface area contributed by atoms with E-state index in [2.05, 4.69) is 14.3 Å². The van der Waals surface area contributed by atoms with E-state index in [0.29, 0.717) is 13.2 Å². The maximum Gasteiger partial charge on any atom is 0.205 e. The largest absolute Gasteiger partial charge is 0.377 e. The quantitative estimate of drug-likeness (QED) is 0.751. The molecule has 0 amide bonds. The molecule has 2 heterocycles. The zero-order valence-corrected chi connectivity index (χ0v) is 8.96. The van der Waals surface area contributed by atoms with E-state index in [1.165, 1.54) is 11.5 Å². The Morgan fingerprint density at radius 3 is 3.21 bits per heavy atom. The first-order valence-electron chi connectivity index (χ1n) is 4.66. The van der Waals surface area contributed by atoms with Gasteiger partial charge in [0.2, 0.25) is 5.13 Å². The first-order valence-corrected chi connectivity index (χ1v) is 5.43. The summed E-state index contributed by atoms with van der Waals surface area (Å²) in [4.78, 5) is 6.54. The van der Waals surface area contributed by atoms with E-state index in [-0.39, 0.29) is 6.04 Å². The Kier molecular flexibility index (Phi) is 2.95. The number of aryl methyl sites for hydroxylation is 1. The second kappa shape index (κ2) is 4.20. The van der Waals surface area contributed by atoms with Gasteiger partial charge in [-0.05, 0) is 6.92 Å². The van der Waals surface area contributed by atoms with E-state index < -0.39 is 0 Å². The minimum absolute atomic E-state index is 0.246. The molecule has 14 heavy (non-hydrogen) atoms. The van der Waals surface area contributed by atoms with Crippen LogP contribution >= 0.6 is 11.5 Å². The highest BCUT2D eigenvalue weighted by Gasteiger charge is 2.24. The fourth-order valence-electron chi connectivity index (χ4n) is 1.50. The molecule has 0 aromatic carbocycles. The predicted molar refractivity (Wildman–Crippen MR) is 55.7 cm³/mol. The predicted octanol–water partition coefficient (Wildman–Crippen LogP) is 0.0104. The van der Waals surface area contributed by atoms with Gasteiger partial charge in [-0.15, -0.1) is 0 Å². The molecule has 2 rings (SSSR count). The van der Waals surface area contributed by atoms with Crippen LogP contribution in [0, 0.1) is 6.92 Å². The molecule has 6 heteroatoms. The zero-order valence-electron chi connectivity index (χ0n) is 8.14. The molecule has 1 fully saturated rings. The third kappa shape index (κ3) is 1.87. The van der Waals surface area contributed by atoms with Gasteiger partial charge in [0.1, 0.15) is 5.82 Å². The summed E-state index contributed by atoms with van der Waals surface area (Å²) < 4.78 is 9.53. The Morgan fingerprint density at radius 1 is 1.71 bits per heavy atom. The first kappa shape index (κ1) is 9.82. The minimum Gasteiger partial charge on any atom is -0.377 e. The molecule has 78 valence electrons. The molecule has 2 N–H and O–H groups in total. The molecule has 0 radical (unpaired) electrons. The van der Waals surface area contributed by atoms with Crippen LogP contribution in [0.25, 0.3) is 0 Å². The summed E-state index contributed by atoms with van der Waals surface area (Å²) in [6, 6.07) is 0.246. The van der Waals surface area contributed by atoms with Crippen molar-refractivity contribution < 1.29 is 4.74 Å². The summed E-state index contributed by atoms with van der Waals surface area (Å²) in [5.74, 6) is 0.826. The Bertz CT molecular complexity index is 303. The van der Waals surface area contributed by atoms with Crippen LogP contribution < -0.4 is 10.6 Å². The van der Waals surface area contributed by atoms with Crippen LogP contribution in [0.5, 0.6) is 0 Å². The van der Waals surface area contributed by atoms with Gasteiger partial charge in [-0.1, -0.05) is 0 Å². The van der Waals surface area contributed by atoms with Crippen LogP contribution in [0.2, 0.25) is 0 Å². The minimum atomic E-state index is 0.246. The Labute approximate surface area is 87.0 Å². The van der Waals surface area contributed by atoms with Crippen LogP contribution in [0.3, 0.4) is 0 Å². The van der Waals surface area contributed by atoms with Gasteiger partial charge < -0.3 is 15.4 Å². The van der Waals surface area contributed by atoms with Gasteiger partial charge in [0.25, 0.3) is 0 Å². The highest BCUT2D eigenvalue weighted by atomic mass is 32.1. The van der Waals surface area contributed by atoms with Gasteiger partial charge in [-0.2, -0.15) is 4.37 Å². The number of anilines is 1. The number of morpholine rings is 1. The Morgan fingerprint density at radius 2 is 2.57 bits per heavy atom. The molecule has 0 saturated carbocycles. The van der Waals surface area contributed by atoms with E-state index >= 15 is 0 Å². The zero-order chi connectivity index (χ0) is 9.97. The fraction of sp³-hybridized carbons (Fsp3) is 0.750. The highest BCUT2D eigenvalue weighted by Crippen LogP contribution is 2.21. The molecule has 0 aliphatic carbocycles. The van der Waals surface area contributed by atoms with Gasteiger partial charge >= 0.3 is 0 Å². The van der Waals surface area contributed by atoms with Gasteiger partial charge in [0, 0.05) is 24.6 Å². The second-order valence-electron chi connectivity index (χ2n) is 3.28. The number of rotatable bonds is 2. The van der Waals surface area contributed by atoms with Crippen LogP contribution in [0.4, 0.5) is 5.13 Å². The lowest BCUT2D eigenvalue weighted by Crippen LogP contribution is -2.49. The van der Waals surface area contributed by atoms with Gasteiger partial charge in [0.15, 0.2) is 0 Å². The van der Waals surface area contributed by atoms with E-state index in [0.717, 1.165) is 24.1 Å². The molecular weight excluding hydrogens is 200 g/mol. The summed E-state index contributed by atoms with van der Waals surface area (Å²) in [5.41, 5.74) is 5.67. The van der Waals surface area contributed by atoms with Crippen LogP contribution in [0.1, 0.15) is 5.82 Å². The summed E-state index contributed by atoms with van der Waals surface area (Å²) in [7, 11) is 0. The van der Waals surface area contributed by atoms with Crippen molar-refractivity contribution in [2.75, 3.05) is 31.2 Å². The van der Waals surface area contributed by atoms with E-state index in [4.69, 9.17) is 10.5 Å². The third-order valence-corrected chi connectivity index (χ3v) is 3.11. The molecule has 1 aromatic heterocycles. The number of aromatic nitrogens is 2. The molecule has 1 aliphatic rings. The van der Waals surface area contributed by atoms with Crippen LogP contribution in [-0.2, 0) is 4.74 Å². The number of nitrogens with two attached hydrogens (primary N) is 1. The number of ether oxygens (including phenoxy) is 1. The standard InChI is InChI=1S/C8H14N4OS/c1-6-10-8(14-11-6)12-2-3-13-5-7(12)4-9/h7H,2-5,9H2,1H3.